The van der Waals surface area contributed by atoms with Gasteiger partial charge in [-0.05, 0) is 49.4 Å². The zero-order valence-electron chi connectivity index (χ0n) is 12.9. The largest absolute Gasteiger partial charge is 0.494 e. The van der Waals surface area contributed by atoms with Crippen molar-refractivity contribution in [3.63, 3.8) is 0 Å². The summed E-state index contributed by atoms with van der Waals surface area (Å²) in [5.41, 5.74) is 1.09. The van der Waals surface area contributed by atoms with Gasteiger partial charge in [0.2, 0.25) is 11.7 Å². The molecule has 2 aromatic carbocycles. The number of halogens is 2. The quantitative estimate of drug-likeness (QED) is 0.709. The first-order valence-electron chi connectivity index (χ1n) is 7.40. The van der Waals surface area contributed by atoms with Crippen molar-refractivity contribution in [1.29, 1.82) is 0 Å². The Bertz CT molecular complexity index is 821. The van der Waals surface area contributed by atoms with Gasteiger partial charge in [0.15, 0.2) is 0 Å². The van der Waals surface area contributed by atoms with E-state index in [4.69, 9.17) is 20.9 Å². The summed E-state index contributed by atoms with van der Waals surface area (Å²) in [4.78, 5) is 4.29. The molecule has 0 amide bonds. The summed E-state index contributed by atoms with van der Waals surface area (Å²) >= 11 is 5.85. The van der Waals surface area contributed by atoms with Crippen LogP contribution in [0.1, 0.15) is 12.8 Å². The van der Waals surface area contributed by atoms with E-state index in [1.165, 1.54) is 18.2 Å². The Morgan fingerprint density at radius 1 is 1.21 bits per heavy atom. The Hall–Kier alpha value is -2.60. The van der Waals surface area contributed by atoms with Gasteiger partial charge in [0.05, 0.1) is 18.8 Å². The Labute approximate surface area is 143 Å². The third kappa shape index (κ3) is 3.83. The maximum absolute atomic E-state index is 13.6. The molecule has 0 atom stereocenters. The van der Waals surface area contributed by atoms with Gasteiger partial charge in [-0.15, -0.1) is 0 Å². The van der Waals surface area contributed by atoms with E-state index in [0.29, 0.717) is 23.3 Å². The number of anilines is 1. The van der Waals surface area contributed by atoms with Crippen molar-refractivity contribution in [2.75, 3.05) is 11.9 Å². The standard InChI is InChI=1S/C17H15ClFN3O2/c1-2-23-13-6-3-11(4-7-13)17-21-16(24-22-17)10-20-15-9-12(18)5-8-14(15)19/h3-9,20H,2,10H2,1H3. The normalized spacial score (nSPS) is 10.6. The molecular formula is C17H15ClFN3O2. The van der Waals surface area contributed by atoms with E-state index >= 15 is 0 Å². The minimum Gasteiger partial charge on any atom is -0.494 e. The van der Waals surface area contributed by atoms with Gasteiger partial charge in [-0.25, -0.2) is 4.39 Å². The number of benzene rings is 2. The highest BCUT2D eigenvalue weighted by molar-refractivity contribution is 6.30. The fourth-order valence-corrected chi connectivity index (χ4v) is 2.29. The van der Waals surface area contributed by atoms with Crippen LogP contribution in [-0.4, -0.2) is 16.7 Å². The van der Waals surface area contributed by atoms with Crippen molar-refractivity contribution in [3.8, 4) is 17.1 Å². The van der Waals surface area contributed by atoms with Crippen LogP contribution in [-0.2, 0) is 6.54 Å². The lowest BCUT2D eigenvalue weighted by Crippen LogP contribution is -2.01. The SMILES string of the molecule is CCOc1ccc(-c2noc(CNc3cc(Cl)ccc3F)n2)cc1. The van der Waals surface area contributed by atoms with Gasteiger partial charge in [0, 0.05) is 10.6 Å². The summed E-state index contributed by atoms with van der Waals surface area (Å²) in [5, 5.41) is 7.26. The zero-order chi connectivity index (χ0) is 16.9. The van der Waals surface area contributed by atoms with Gasteiger partial charge in [-0.1, -0.05) is 16.8 Å². The predicted octanol–water partition coefficient (Wildman–Crippen LogP) is 4.54. The maximum atomic E-state index is 13.6. The lowest BCUT2D eigenvalue weighted by Gasteiger charge is -2.04. The molecule has 5 nitrogen and oxygen atoms in total. The first kappa shape index (κ1) is 16.3. The maximum Gasteiger partial charge on any atom is 0.246 e. The van der Waals surface area contributed by atoms with E-state index in [1.807, 2.05) is 31.2 Å². The van der Waals surface area contributed by atoms with Gasteiger partial charge in [0.25, 0.3) is 0 Å². The molecule has 3 rings (SSSR count). The summed E-state index contributed by atoms with van der Waals surface area (Å²) in [6.45, 7) is 2.73. The summed E-state index contributed by atoms with van der Waals surface area (Å²) in [5.74, 6) is 1.19. The molecule has 0 fully saturated rings. The predicted molar refractivity (Wildman–Crippen MR) is 89.6 cm³/mol. The van der Waals surface area contributed by atoms with Crippen molar-refractivity contribution in [1.82, 2.24) is 10.1 Å². The van der Waals surface area contributed by atoms with E-state index in [9.17, 15) is 4.39 Å². The molecular weight excluding hydrogens is 333 g/mol. The molecule has 0 aliphatic heterocycles. The van der Waals surface area contributed by atoms with Crippen molar-refractivity contribution in [2.24, 2.45) is 0 Å². The van der Waals surface area contributed by atoms with E-state index in [-0.39, 0.29) is 12.2 Å². The van der Waals surface area contributed by atoms with Gasteiger partial charge in [0.1, 0.15) is 11.6 Å². The molecule has 0 aliphatic carbocycles. The summed E-state index contributed by atoms with van der Waals surface area (Å²) in [6, 6.07) is 11.7. The number of rotatable bonds is 6. The summed E-state index contributed by atoms with van der Waals surface area (Å²) in [7, 11) is 0. The Kier molecular flexibility index (Phi) is 4.96. The molecule has 24 heavy (non-hydrogen) atoms. The van der Waals surface area contributed by atoms with Crippen molar-refractivity contribution < 1.29 is 13.7 Å². The molecule has 1 aromatic heterocycles. The van der Waals surface area contributed by atoms with Gasteiger partial charge in [-0.2, -0.15) is 4.98 Å². The summed E-state index contributed by atoms with van der Waals surface area (Å²) in [6.07, 6.45) is 0. The number of hydrogen-bond acceptors (Lipinski definition) is 5. The highest BCUT2D eigenvalue weighted by Crippen LogP contribution is 2.22. The lowest BCUT2D eigenvalue weighted by molar-refractivity contribution is 0.340. The minimum atomic E-state index is -0.398. The van der Waals surface area contributed by atoms with Crippen molar-refractivity contribution >= 4 is 17.3 Å². The second-order valence-electron chi connectivity index (χ2n) is 4.95. The van der Waals surface area contributed by atoms with Crippen molar-refractivity contribution in [2.45, 2.75) is 13.5 Å². The average Bonchev–Trinajstić information content (AvgIpc) is 3.06. The average molecular weight is 348 g/mol. The van der Waals surface area contributed by atoms with Crippen LogP contribution in [0.15, 0.2) is 47.0 Å². The lowest BCUT2D eigenvalue weighted by atomic mass is 10.2. The number of nitrogens with zero attached hydrogens (tertiary/aromatic N) is 2. The topological polar surface area (TPSA) is 60.2 Å². The molecule has 0 radical (unpaired) electrons. The van der Waals surface area contributed by atoms with E-state index in [2.05, 4.69) is 15.5 Å². The fourth-order valence-electron chi connectivity index (χ4n) is 2.11. The second kappa shape index (κ2) is 7.31. The third-order valence-electron chi connectivity index (χ3n) is 3.25. The molecule has 0 bridgehead atoms. The van der Waals surface area contributed by atoms with Crippen LogP contribution in [0.25, 0.3) is 11.4 Å². The zero-order valence-corrected chi connectivity index (χ0v) is 13.7. The highest BCUT2D eigenvalue weighted by atomic mass is 35.5. The third-order valence-corrected chi connectivity index (χ3v) is 3.49. The van der Waals surface area contributed by atoms with E-state index < -0.39 is 5.82 Å². The number of ether oxygens (including phenoxy) is 1. The van der Waals surface area contributed by atoms with Crippen LogP contribution in [0.2, 0.25) is 5.02 Å². The Morgan fingerprint density at radius 3 is 2.75 bits per heavy atom. The number of nitrogens with one attached hydrogen (secondary N) is 1. The molecule has 0 unspecified atom stereocenters. The van der Waals surface area contributed by atoms with Crippen LogP contribution < -0.4 is 10.1 Å². The Morgan fingerprint density at radius 2 is 2.00 bits per heavy atom. The second-order valence-corrected chi connectivity index (χ2v) is 5.38. The molecule has 1 heterocycles. The van der Waals surface area contributed by atoms with Crippen LogP contribution in [0, 0.1) is 5.82 Å². The first-order valence-corrected chi connectivity index (χ1v) is 7.78. The van der Waals surface area contributed by atoms with E-state index in [1.54, 1.807) is 0 Å². The smallest absolute Gasteiger partial charge is 0.246 e. The molecule has 124 valence electrons. The Balaban J connectivity index is 1.68. The molecule has 3 aromatic rings. The van der Waals surface area contributed by atoms with Crippen LogP contribution in [0.4, 0.5) is 10.1 Å². The molecule has 0 saturated heterocycles. The number of hydrogen-bond donors (Lipinski definition) is 1. The van der Waals surface area contributed by atoms with Gasteiger partial charge >= 0.3 is 0 Å². The van der Waals surface area contributed by atoms with Gasteiger partial charge < -0.3 is 14.6 Å². The molecule has 0 saturated carbocycles. The molecule has 0 spiro atoms. The molecule has 7 heteroatoms. The van der Waals surface area contributed by atoms with Gasteiger partial charge in [-0.3, -0.25) is 0 Å². The van der Waals surface area contributed by atoms with Crippen molar-refractivity contribution in [3.05, 3.63) is 59.2 Å². The first-order chi connectivity index (χ1) is 11.7. The van der Waals surface area contributed by atoms with E-state index in [0.717, 1.165) is 11.3 Å². The van der Waals surface area contributed by atoms with Crippen LogP contribution in [0.5, 0.6) is 5.75 Å². The molecule has 1 N–H and O–H groups in total. The molecule has 0 aliphatic rings. The van der Waals surface area contributed by atoms with Crippen LogP contribution in [0.3, 0.4) is 0 Å². The number of aromatic nitrogens is 2. The van der Waals surface area contributed by atoms with Crippen LogP contribution >= 0.6 is 11.6 Å². The fraction of sp³-hybridized carbons (Fsp3) is 0.176. The minimum absolute atomic E-state index is 0.196. The monoisotopic (exact) mass is 347 g/mol. The highest BCUT2D eigenvalue weighted by Gasteiger charge is 2.10. The summed E-state index contributed by atoms with van der Waals surface area (Å²) < 4.78 is 24.2.